The summed E-state index contributed by atoms with van der Waals surface area (Å²) in [6.07, 6.45) is 2.76. The van der Waals surface area contributed by atoms with E-state index in [0.29, 0.717) is 17.4 Å². The van der Waals surface area contributed by atoms with Gasteiger partial charge in [0.15, 0.2) is 0 Å². The second kappa shape index (κ2) is 4.89. The Morgan fingerprint density at radius 1 is 1.65 bits per heavy atom. The minimum absolute atomic E-state index is 0.288. The lowest BCUT2D eigenvalue weighted by Gasteiger charge is -2.31. The Hall–Kier alpha value is -1.33. The number of carbonyl (C=O) groups excluding carboxylic acids is 1. The number of rotatable bonds is 2. The van der Waals surface area contributed by atoms with Crippen LogP contribution in [0.15, 0.2) is 12.3 Å². The van der Waals surface area contributed by atoms with Crippen molar-refractivity contribution in [3.8, 4) is 0 Å². The number of hydrogen-bond acceptors (Lipinski definition) is 4. The van der Waals surface area contributed by atoms with Gasteiger partial charge in [0.1, 0.15) is 5.82 Å². The molecular formula is C11H14ClN3O2. The fourth-order valence-electron chi connectivity index (χ4n) is 1.95. The molecule has 3 N–H and O–H groups in total. The Balaban J connectivity index is 2.23. The average molecular weight is 256 g/mol. The molecule has 0 radical (unpaired) electrons. The molecule has 2 heterocycles. The predicted molar refractivity (Wildman–Crippen MR) is 65.2 cm³/mol. The molecular weight excluding hydrogens is 242 g/mol. The SMILES string of the molecule is NC(=O)c1cnc(N2CCC[C@@H](O)C2)c(Cl)c1. The molecule has 0 bridgehead atoms. The van der Waals surface area contributed by atoms with Crippen LogP contribution in [0.2, 0.25) is 5.02 Å². The van der Waals surface area contributed by atoms with Crippen LogP contribution >= 0.6 is 11.6 Å². The second-order valence-corrected chi connectivity index (χ2v) is 4.54. The monoisotopic (exact) mass is 255 g/mol. The van der Waals surface area contributed by atoms with Gasteiger partial charge in [0.25, 0.3) is 0 Å². The number of piperidine rings is 1. The zero-order valence-corrected chi connectivity index (χ0v) is 10.0. The number of carbonyl (C=O) groups is 1. The van der Waals surface area contributed by atoms with Crippen molar-refractivity contribution in [3.05, 3.63) is 22.8 Å². The summed E-state index contributed by atoms with van der Waals surface area (Å²) in [5, 5.41) is 9.97. The number of aliphatic hydroxyl groups is 1. The van der Waals surface area contributed by atoms with E-state index in [1.54, 1.807) is 0 Å². The first kappa shape index (κ1) is 12.1. The lowest BCUT2D eigenvalue weighted by molar-refractivity contribution is 0.1000. The minimum Gasteiger partial charge on any atom is -0.391 e. The van der Waals surface area contributed by atoms with Crippen LogP contribution in [0.1, 0.15) is 23.2 Å². The van der Waals surface area contributed by atoms with Crippen LogP contribution in [0.3, 0.4) is 0 Å². The molecule has 1 atom stereocenters. The van der Waals surface area contributed by atoms with E-state index in [0.717, 1.165) is 19.4 Å². The van der Waals surface area contributed by atoms with Gasteiger partial charge in [0.2, 0.25) is 5.91 Å². The maximum absolute atomic E-state index is 11.0. The summed E-state index contributed by atoms with van der Waals surface area (Å²) in [7, 11) is 0. The number of β-amino-alcohol motifs (C(OH)–C–C–N with tert-alkyl or cyclic N) is 1. The Morgan fingerprint density at radius 3 is 3.00 bits per heavy atom. The molecule has 1 aromatic heterocycles. The molecule has 0 spiro atoms. The second-order valence-electron chi connectivity index (χ2n) is 4.14. The van der Waals surface area contributed by atoms with Crippen molar-refractivity contribution >= 4 is 23.3 Å². The molecule has 1 aliphatic rings. The van der Waals surface area contributed by atoms with Crippen LogP contribution in [0.4, 0.5) is 5.82 Å². The summed E-state index contributed by atoms with van der Waals surface area (Å²) in [5.41, 5.74) is 5.43. The van der Waals surface area contributed by atoms with E-state index >= 15 is 0 Å². The van der Waals surface area contributed by atoms with Crippen molar-refractivity contribution in [1.82, 2.24) is 4.98 Å². The Bertz CT molecular complexity index is 439. The molecule has 0 aromatic carbocycles. The van der Waals surface area contributed by atoms with E-state index in [1.165, 1.54) is 12.3 Å². The molecule has 0 aliphatic carbocycles. The third-order valence-corrected chi connectivity index (χ3v) is 3.08. The highest BCUT2D eigenvalue weighted by Crippen LogP contribution is 2.26. The molecule has 1 aromatic rings. The first-order valence-electron chi connectivity index (χ1n) is 5.46. The van der Waals surface area contributed by atoms with Crippen LogP contribution in [0.25, 0.3) is 0 Å². The van der Waals surface area contributed by atoms with E-state index in [4.69, 9.17) is 17.3 Å². The Labute approximate surface area is 104 Å². The van der Waals surface area contributed by atoms with Gasteiger partial charge in [-0.2, -0.15) is 0 Å². The summed E-state index contributed by atoms with van der Waals surface area (Å²) >= 11 is 6.06. The van der Waals surface area contributed by atoms with Crippen LogP contribution in [0, 0.1) is 0 Å². The number of hydrogen-bond donors (Lipinski definition) is 2. The van der Waals surface area contributed by atoms with Crippen LogP contribution in [-0.4, -0.2) is 35.2 Å². The standard InChI is InChI=1S/C11H14ClN3O2/c12-9-4-7(10(13)17)5-14-11(9)15-3-1-2-8(16)6-15/h4-5,8,16H,1-3,6H2,(H2,13,17)/t8-/m1/s1. The molecule has 1 fully saturated rings. The quantitative estimate of drug-likeness (QED) is 0.819. The first-order valence-corrected chi connectivity index (χ1v) is 5.84. The van der Waals surface area contributed by atoms with Gasteiger partial charge in [0.05, 0.1) is 16.7 Å². The number of nitrogens with two attached hydrogens (primary N) is 1. The molecule has 5 nitrogen and oxygen atoms in total. The number of nitrogens with zero attached hydrogens (tertiary/aromatic N) is 2. The fourth-order valence-corrected chi connectivity index (χ4v) is 2.23. The lowest BCUT2D eigenvalue weighted by Crippen LogP contribution is -2.38. The minimum atomic E-state index is -0.551. The summed E-state index contributed by atoms with van der Waals surface area (Å²) in [6, 6.07) is 1.51. The number of pyridine rings is 1. The predicted octanol–water partition coefficient (Wildman–Crippen LogP) is 0.795. The summed E-state index contributed by atoms with van der Waals surface area (Å²) < 4.78 is 0. The molecule has 6 heteroatoms. The van der Waals surface area contributed by atoms with Crippen molar-refractivity contribution in [2.45, 2.75) is 18.9 Å². The number of aliphatic hydroxyl groups excluding tert-OH is 1. The van der Waals surface area contributed by atoms with Gasteiger partial charge in [-0.25, -0.2) is 4.98 Å². The molecule has 0 unspecified atom stereocenters. The van der Waals surface area contributed by atoms with Crippen molar-refractivity contribution in [3.63, 3.8) is 0 Å². The highest BCUT2D eigenvalue weighted by molar-refractivity contribution is 6.33. The zero-order valence-electron chi connectivity index (χ0n) is 9.27. The molecule has 1 aliphatic heterocycles. The highest BCUT2D eigenvalue weighted by Gasteiger charge is 2.21. The highest BCUT2D eigenvalue weighted by atomic mass is 35.5. The molecule has 1 saturated heterocycles. The van der Waals surface area contributed by atoms with Gasteiger partial charge in [0, 0.05) is 19.3 Å². The molecule has 92 valence electrons. The number of halogens is 1. The van der Waals surface area contributed by atoms with Gasteiger partial charge < -0.3 is 15.7 Å². The number of amides is 1. The third-order valence-electron chi connectivity index (χ3n) is 2.80. The van der Waals surface area contributed by atoms with Gasteiger partial charge in [-0.3, -0.25) is 4.79 Å². The normalized spacial score (nSPS) is 20.4. The summed E-state index contributed by atoms with van der Waals surface area (Å²) in [4.78, 5) is 17.0. The number of aromatic nitrogens is 1. The summed E-state index contributed by atoms with van der Waals surface area (Å²) in [5.74, 6) is 0.0417. The molecule has 1 amide bonds. The van der Waals surface area contributed by atoms with Crippen LogP contribution in [-0.2, 0) is 0 Å². The molecule has 17 heavy (non-hydrogen) atoms. The van der Waals surface area contributed by atoms with Crippen molar-refractivity contribution in [2.24, 2.45) is 5.73 Å². The van der Waals surface area contributed by atoms with Gasteiger partial charge in [-0.05, 0) is 18.9 Å². The van der Waals surface area contributed by atoms with Crippen molar-refractivity contribution in [2.75, 3.05) is 18.0 Å². The smallest absolute Gasteiger partial charge is 0.250 e. The third kappa shape index (κ3) is 2.68. The summed E-state index contributed by atoms with van der Waals surface area (Å²) in [6.45, 7) is 1.32. The Morgan fingerprint density at radius 2 is 2.41 bits per heavy atom. The van der Waals surface area contributed by atoms with E-state index in [2.05, 4.69) is 4.98 Å². The van der Waals surface area contributed by atoms with Crippen molar-refractivity contribution < 1.29 is 9.90 Å². The van der Waals surface area contributed by atoms with Gasteiger partial charge in [-0.15, -0.1) is 0 Å². The lowest BCUT2D eigenvalue weighted by atomic mass is 10.1. The largest absolute Gasteiger partial charge is 0.391 e. The molecule has 0 saturated carbocycles. The van der Waals surface area contributed by atoms with E-state index < -0.39 is 5.91 Å². The fraction of sp³-hybridized carbons (Fsp3) is 0.455. The van der Waals surface area contributed by atoms with Gasteiger partial charge in [-0.1, -0.05) is 11.6 Å². The first-order chi connectivity index (χ1) is 8.08. The Kier molecular flexibility index (Phi) is 3.49. The van der Waals surface area contributed by atoms with E-state index in [-0.39, 0.29) is 11.7 Å². The maximum atomic E-state index is 11.0. The van der Waals surface area contributed by atoms with E-state index in [9.17, 15) is 9.90 Å². The van der Waals surface area contributed by atoms with Crippen LogP contribution in [0.5, 0.6) is 0 Å². The zero-order chi connectivity index (χ0) is 12.4. The number of primary amides is 1. The molecule has 2 rings (SSSR count). The number of anilines is 1. The van der Waals surface area contributed by atoms with Gasteiger partial charge >= 0.3 is 0 Å². The topological polar surface area (TPSA) is 79.5 Å². The van der Waals surface area contributed by atoms with Crippen LogP contribution < -0.4 is 10.6 Å². The average Bonchev–Trinajstić information content (AvgIpc) is 2.28. The maximum Gasteiger partial charge on any atom is 0.250 e. The van der Waals surface area contributed by atoms with Crippen molar-refractivity contribution in [1.29, 1.82) is 0 Å². The van der Waals surface area contributed by atoms with E-state index in [1.807, 2.05) is 4.90 Å².